The zero-order chi connectivity index (χ0) is 14.1. The number of aliphatic hydroxyl groups is 1. The second-order valence-corrected chi connectivity index (χ2v) is 6.66. The van der Waals surface area contributed by atoms with E-state index in [9.17, 15) is 18.3 Å². The summed E-state index contributed by atoms with van der Waals surface area (Å²) in [5.74, 6) is -1.31. The average molecular weight is 267 g/mol. The number of hydrogen-bond donors (Lipinski definition) is 1. The minimum Gasteiger partial charge on any atom is -0.393 e. The quantitative estimate of drug-likeness (QED) is 0.831. The van der Waals surface area contributed by atoms with Crippen LogP contribution < -0.4 is 0 Å². The third kappa shape index (κ3) is 4.43. The van der Waals surface area contributed by atoms with E-state index < -0.39 is 24.2 Å². The molecule has 0 amide bonds. The van der Waals surface area contributed by atoms with Gasteiger partial charge in [-0.15, -0.1) is 0 Å². The molecule has 3 atom stereocenters. The van der Waals surface area contributed by atoms with Gasteiger partial charge in [0.1, 0.15) is 0 Å². The highest BCUT2D eigenvalue weighted by Gasteiger charge is 2.48. The highest BCUT2D eigenvalue weighted by Crippen LogP contribution is 2.40. The summed E-state index contributed by atoms with van der Waals surface area (Å²) in [6.45, 7) is 6.61. The maximum Gasteiger partial charge on any atom is 0.393 e. The Balaban J connectivity index is 2.79. The lowest BCUT2D eigenvalue weighted by Crippen LogP contribution is -2.51. The van der Waals surface area contributed by atoms with Crippen LogP contribution >= 0.6 is 0 Å². The lowest BCUT2D eigenvalue weighted by Gasteiger charge is -2.42. The van der Waals surface area contributed by atoms with E-state index in [-0.39, 0.29) is 24.7 Å². The van der Waals surface area contributed by atoms with Gasteiger partial charge < -0.3 is 10.0 Å². The Kier molecular flexibility index (Phi) is 4.70. The Morgan fingerprint density at radius 2 is 1.72 bits per heavy atom. The van der Waals surface area contributed by atoms with E-state index in [0.717, 1.165) is 0 Å². The molecule has 1 aliphatic carbocycles. The Bertz CT molecular complexity index is 272. The van der Waals surface area contributed by atoms with Gasteiger partial charge in [-0.25, -0.2) is 0 Å². The third-order valence-corrected chi connectivity index (χ3v) is 3.50. The minimum atomic E-state index is -4.17. The molecule has 1 fully saturated rings. The summed E-state index contributed by atoms with van der Waals surface area (Å²) < 4.78 is 39.0. The SMILES string of the molecule is CN(CC(C)(C)C)C1CC(O)CCC1C(F)(F)F. The van der Waals surface area contributed by atoms with Gasteiger partial charge in [-0.2, -0.15) is 13.2 Å². The summed E-state index contributed by atoms with van der Waals surface area (Å²) in [4.78, 5) is 1.76. The van der Waals surface area contributed by atoms with Crippen LogP contribution in [0.1, 0.15) is 40.0 Å². The fourth-order valence-corrected chi connectivity index (χ4v) is 2.86. The molecule has 0 aromatic carbocycles. The molecule has 5 heteroatoms. The Labute approximate surface area is 107 Å². The summed E-state index contributed by atoms with van der Waals surface area (Å²) in [5, 5.41) is 9.62. The monoisotopic (exact) mass is 267 g/mol. The second-order valence-electron chi connectivity index (χ2n) is 6.66. The number of nitrogens with zero attached hydrogens (tertiary/aromatic N) is 1. The molecule has 0 aliphatic heterocycles. The fraction of sp³-hybridized carbons (Fsp3) is 1.00. The largest absolute Gasteiger partial charge is 0.393 e. The first-order valence-electron chi connectivity index (χ1n) is 6.46. The zero-order valence-electron chi connectivity index (χ0n) is 11.6. The van der Waals surface area contributed by atoms with Crippen molar-refractivity contribution in [2.24, 2.45) is 11.3 Å². The molecule has 108 valence electrons. The topological polar surface area (TPSA) is 23.5 Å². The van der Waals surface area contributed by atoms with Gasteiger partial charge >= 0.3 is 6.18 Å². The smallest absolute Gasteiger partial charge is 0.393 e. The lowest BCUT2D eigenvalue weighted by atomic mass is 9.81. The van der Waals surface area contributed by atoms with Gasteiger partial charge in [-0.3, -0.25) is 0 Å². The molecule has 1 aliphatic rings. The van der Waals surface area contributed by atoms with Gasteiger partial charge in [0.05, 0.1) is 12.0 Å². The summed E-state index contributed by atoms with van der Waals surface area (Å²) in [6, 6.07) is -0.604. The van der Waals surface area contributed by atoms with Crippen LogP contribution in [0.3, 0.4) is 0 Å². The predicted octanol–water partition coefficient (Wildman–Crippen LogP) is 3.06. The van der Waals surface area contributed by atoms with E-state index in [1.165, 1.54) is 0 Å². The number of aliphatic hydroxyl groups excluding tert-OH is 1. The molecule has 3 unspecified atom stereocenters. The molecule has 1 saturated carbocycles. The molecule has 0 spiro atoms. The van der Waals surface area contributed by atoms with Crippen molar-refractivity contribution in [2.45, 2.75) is 58.4 Å². The van der Waals surface area contributed by atoms with Gasteiger partial charge in [-0.05, 0) is 31.7 Å². The molecular formula is C13H24F3NO. The molecule has 2 nitrogen and oxygen atoms in total. The summed E-state index contributed by atoms with van der Waals surface area (Å²) in [7, 11) is 1.73. The standard InChI is InChI=1S/C13H24F3NO/c1-12(2,3)8-17(4)11-7-9(18)5-6-10(11)13(14,15)16/h9-11,18H,5-8H2,1-4H3. The minimum absolute atomic E-state index is 0.0316. The van der Waals surface area contributed by atoms with Gasteiger partial charge in [0.15, 0.2) is 0 Å². The predicted molar refractivity (Wildman–Crippen MR) is 65.3 cm³/mol. The molecule has 0 radical (unpaired) electrons. The Morgan fingerprint density at radius 3 is 2.17 bits per heavy atom. The number of alkyl halides is 3. The first kappa shape index (κ1) is 15.8. The molecule has 1 rings (SSSR count). The van der Waals surface area contributed by atoms with E-state index >= 15 is 0 Å². The van der Waals surface area contributed by atoms with Crippen LogP contribution in [0, 0.1) is 11.3 Å². The lowest BCUT2D eigenvalue weighted by molar-refractivity contribution is -0.204. The van der Waals surface area contributed by atoms with Crippen LogP contribution in [0.2, 0.25) is 0 Å². The molecule has 0 aromatic rings. The number of halogens is 3. The number of rotatable bonds is 2. The van der Waals surface area contributed by atoms with Crippen molar-refractivity contribution in [1.29, 1.82) is 0 Å². The van der Waals surface area contributed by atoms with Crippen LogP contribution in [0.4, 0.5) is 13.2 Å². The summed E-state index contributed by atoms with van der Waals surface area (Å²) in [5.41, 5.74) is -0.0483. The molecular weight excluding hydrogens is 243 g/mol. The average Bonchev–Trinajstić information content (AvgIpc) is 2.12. The van der Waals surface area contributed by atoms with Crippen LogP contribution in [0.15, 0.2) is 0 Å². The normalized spacial score (nSPS) is 30.8. The van der Waals surface area contributed by atoms with Crippen molar-refractivity contribution in [1.82, 2.24) is 4.90 Å². The van der Waals surface area contributed by atoms with Gasteiger partial charge in [-0.1, -0.05) is 20.8 Å². The van der Waals surface area contributed by atoms with Crippen molar-refractivity contribution in [3.63, 3.8) is 0 Å². The Hall–Kier alpha value is -0.290. The van der Waals surface area contributed by atoms with Crippen molar-refractivity contribution in [3.05, 3.63) is 0 Å². The van der Waals surface area contributed by atoms with E-state index in [1.54, 1.807) is 11.9 Å². The maximum absolute atomic E-state index is 13.0. The van der Waals surface area contributed by atoms with Crippen molar-refractivity contribution >= 4 is 0 Å². The maximum atomic E-state index is 13.0. The molecule has 0 saturated heterocycles. The van der Waals surface area contributed by atoms with Crippen molar-refractivity contribution < 1.29 is 18.3 Å². The third-order valence-electron chi connectivity index (χ3n) is 3.50. The van der Waals surface area contributed by atoms with Gasteiger partial charge in [0.2, 0.25) is 0 Å². The van der Waals surface area contributed by atoms with Crippen molar-refractivity contribution in [3.8, 4) is 0 Å². The number of hydrogen-bond acceptors (Lipinski definition) is 2. The van der Waals surface area contributed by atoms with Gasteiger partial charge in [0.25, 0.3) is 0 Å². The molecule has 0 aromatic heterocycles. The molecule has 0 bridgehead atoms. The zero-order valence-corrected chi connectivity index (χ0v) is 11.6. The van der Waals surface area contributed by atoms with E-state index in [1.807, 2.05) is 20.8 Å². The Morgan fingerprint density at radius 1 is 1.17 bits per heavy atom. The van der Waals surface area contributed by atoms with E-state index in [2.05, 4.69) is 0 Å². The van der Waals surface area contributed by atoms with Crippen molar-refractivity contribution in [2.75, 3.05) is 13.6 Å². The molecule has 1 N–H and O–H groups in total. The highest BCUT2D eigenvalue weighted by molar-refractivity contribution is 4.90. The first-order valence-corrected chi connectivity index (χ1v) is 6.46. The van der Waals surface area contributed by atoms with Gasteiger partial charge in [0, 0.05) is 12.6 Å². The fourth-order valence-electron chi connectivity index (χ4n) is 2.86. The first-order chi connectivity index (χ1) is 8.00. The van der Waals surface area contributed by atoms with E-state index in [4.69, 9.17) is 0 Å². The summed E-state index contributed by atoms with van der Waals surface area (Å²) in [6.07, 6.45) is -4.27. The van der Waals surface area contributed by atoms with Crippen LogP contribution in [-0.4, -0.2) is 41.9 Å². The van der Waals surface area contributed by atoms with Crippen LogP contribution in [0.25, 0.3) is 0 Å². The summed E-state index contributed by atoms with van der Waals surface area (Å²) >= 11 is 0. The highest BCUT2D eigenvalue weighted by atomic mass is 19.4. The van der Waals surface area contributed by atoms with E-state index in [0.29, 0.717) is 6.54 Å². The molecule has 0 heterocycles. The van der Waals surface area contributed by atoms with Crippen LogP contribution in [-0.2, 0) is 0 Å². The second kappa shape index (κ2) is 5.37. The molecule has 18 heavy (non-hydrogen) atoms. The van der Waals surface area contributed by atoms with Crippen LogP contribution in [0.5, 0.6) is 0 Å².